The van der Waals surface area contributed by atoms with Gasteiger partial charge in [0.15, 0.2) is 0 Å². The van der Waals surface area contributed by atoms with Crippen molar-refractivity contribution >= 4 is 22.2 Å². The van der Waals surface area contributed by atoms with Crippen molar-refractivity contribution in [3.8, 4) is 6.07 Å². The number of amides is 1. The minimum absolute atomic E-state index is 0.240. The van der Waals surface area contributed by atoms with Gasteiger partial charge in [0.1, 0.15) is 16.7 Å². The van der Waals surface area contributed by atoms with Gasteiger partial charge in [-0.05, 0) is 25.3 Å². The summed E-state index contributed by atoms with van der Waals surface area (Å²) in [7, 11) is 0. The highest BCUT2D eigenvalue weighted by atomic mass is 32.1. The van der Waals surface area contributed by atoms with E-state index in [-0.39, 0.29) is 5.91 Å². The van der Waals surface area contributed by atoms with Gasteiger partial charge in [0.05, 0.1) is 12.1 Å². The molecule has 1 aliphatic rings. The summed E-state index contributed by atoms with van der Waals surface area (Å²) < 4.78 is 0. The number of carbonyl (C=O) groups is 1. The van der Waals surface area contributed by atoms with Gasteiger partial charge >= 0.3 is 0 Å². The van der Waals surface area contributed by atoms with Crippen LogP contribution < -0.4 is 5.73 Å². The standard InChI is InChI=1S/C14H19N3O2S/c1-3-5-14(2,19)13(18)17-6-4-9-10(7-15)12(16)20-11(9)8-17/h19H,3-6,8,16H2,1-2H3. The van der Waals surface area contributed by atoms with Crippen molar-refractivity contribution in [2.24, 2.45) is 0 Å². The second kappa shape index (κ2) is 5.43. The minimum atomic E-state index is -1.31. The van der Waals surface area contributed by atoms with Crippen LogP contribution in [0.15, 0.2) is 0 Å². The number of nitriles is 1. The summed E-state index contributed by atoms with van der Waals surface area (Å²) >= 11 is 1.37. The third kappa shape index (κ3) is 2.51. The minimum Gasteiger partial charge on any atom is -0.389 e. The van der Waals surface area contributed by atoms with E-state index in [0.717, 1.165) is 16.9 Å². The lowest BCUT2D eigenvalue weighted by Gasteiger charge is -2.33. The molecule has 0 aliphatic carbocycles. The van der Waals surface area contributed by atoms with Crippen LogP contribution in [0.2, 0.25) is 0 Å². The molecule has 1 unspecified atom stereocenters. The van der Waals surface area contributed by atoms with Crippen LogP contribution in [0.5, 0.6) is 0 Å². The van der Waals surface area contributed by atoms with Gasteiger partial charge in [0, 0.05) is 11.4 Å². The van der Waals surface area contributed by atoms with Crippen molar-refractivity contribution in [3.63, 3.8) is 0 Å². The van der Waals surface area contributed by atoms with Crippen LogP contribution in [-0.2, 0) is 17.8 Å². The van der Waals surface area contributed by atoms with Gasteiger partial charge in [0.25, 0.3) is 5.91 Å². The Labute approximate surface area is 122 Å². The monoisotopic (exact) mass is 293 g/mol. The Bertz CT molecular complexity index is 572. The molecule has 0 saturated carbocycles. The van der Waals surface area contributed by atoms with Crippen LogP contribution in [0.3, 0.4) is 0 Å². The topological polar surface area (TPSA) is 90.3 Å². The fraction of sp³-hybridized carbons (Fsp3) is 0.571. The number of aliphatic hydroxyl groups is 1. The average Bonchev–Trinajstić information content (AvgIpc) is 2.71. The summed E-state index contributed by atoms with van der Waals surface area (Å²) in [5, 5.41) is 19.8. The largest absolute Gasteiger partial charge is 0.389 e. The number of anilines is 1. The summed E-state index contributed by atoms with van der Waals surface area (Å²) in [6.45, 7) is 4.47. The second-order valence-corrected chi connectivity index (χ2v) is 6.49. The average molecular weight is 293 g/mol. The molecule has 0 aromatic carbocycles. The van der Waals surface area contributed by atoms with E-state index in [1.165, 1.54) is 11.3 Å². The lowest BCUT2D eigenvalue weighted by atomic mass is 9.96. The normalized spacial score (nSPS) is 17.2. The lowest BCUT2D eigenvalue weighted by Crippen LogP contribution is -2.48. The van der Waals surface area contributed by atoms with E-state index in [9.17, 15) is 9.90 Å². The molecule has 20 heavy (non-hydrogen) atoms. The summed E-state index contributed by atoms with van der Waals surface area (Å²) in [6.07, 6.45) is 1.83. The number of hydrogen-bond acceptors (Lipinski definition) is 5. The quantitative estimate of drug-likeness (QED) is 0.886. The fourth-order valence-corrected chi connectivity index (χ4v) is 3.74. The second-order valence-electron chi connectivity index (χ2n) is 5.36. The first-order chi connectivity index (χ1) is 9.40. The first-order valence-electron chi connectivity index (χ1n) is 6.72. The third-order valence-electron chi connectivity index (χ3n) is 3.68. The van der Waals surface area contributed by atoms with Crippen molar-refractivity contribution in [1.82, 2.24) is 4.90 Å². The number of fused-ring (bicyclic) bond motifs is 1. The molecular formula is C14H19N3O2S. The Morgan fingerprint density at radius 3 is 2.95 bits per heavy atom. The Morgan fingerprint density at radius 1 is 1.65 bits per heavy atom. The van der Waals surface area contributed by atoms with Crippen LogP contribution in [0.25, 0.3) is 0 Å². The number of thiophene rings is 1. The molecule has 1 aromatic rings. The van der Waals surface area contributed by atoms with Gasteiger partial charge < -0.3 is 15.7 Å². The Morgan fingerprint density at radius 2 is 2.35 bits per heavy atom. The highest BCUT2D eigenvalue weighted by Gasteiger charge is 2.36. The van der Waals surface area contributed by atoms with Crippen LogP contribution in [-0.4, -0.2) is 28.1 Å². The molecule has 0 saturated heterocycles. The van der Waals surface area contributed by atoms with E-state index in [1.807, 2.05) is 6.92 Å². The molecular weight excluding hydrogens is 274 g/mol. The van der Waals surface area contributed by atoms with Crippen molar-refractivity contribution in [2.45, 2.75) is 45.3 Å². The van der Waals surface area contributed by atoms with Crippen molar-refractivity contribution in [2.75, 3.05) is 12.3 Å². The molecule has 1 amide bonds. The van der Waals surface area contributed by atoms with Crippen LogP contribution >= 0.6 is 11.3 Å². The van der Waals surface area contributed by atoms with E-state index >= 15 is 0 Å². The molecule has 0 bridgehead atoms. The summed E-state index contributed by atoms with van der Waals surface area (Å²) in [4.78, 5) is 15.0. The summed E-state index contributed by atoms with van der Waals surface area (Å²) in [5.74, 6) is -0.240. The SMILES string of the molecule is CCCC(C)(O)C(=O)N1CCc2c(sc(N)c2C#N)C1. The number of nitrogens with two attached hydrogens (primary N) is 1. The van der Waals surface area contributed by atoms with Gasteiger partial charge in [-0.2, -0.15) is 5.26 Å². The third-order valence-corrected chi connectivity index (χ3v) is 4.73. The number of rotatable bonds is 3. The van der Waals surface area contributed by atoms with E-state index in [1.54, 1.807) is 11.8 Å². The van der Waals surface area contributed by atoms with Crippen LogP contribution in [0.4, 0.5) is 5.00 Å². The maximum absolute atomic E-state index is 12.4. The van der Waals surface area contributed by atoms with Gasteiger partial charge in [-0.3, -0.25) is 4.79 Å². The first kappa shape index (κ1) is 14.8. The molecule has 0 spiro atoms. The Balaban J connectivity index is 2.20. The molecule has 3 N–H and O–H groups in total. The number of nitrogens with zero attached hydrogens (tertiary/aromatic N) is 2. The molecule has 2 heterocycles. The molecule has 0 fully saturated rings. The number of carbonyl (C=O) groups excluding carboxylic acids is 1. The van der Waals surface area contributed by atoms with E-state index in [2.05, 4.69) is 6.07 Å². The first-order valence-corrected chi connectivity index (χ1v) is 7.54. The van der Waals surface area contributed by atoms with Crippen molar-refractivity contribution in [3.05, 3.63) is 16.0 Å². The molecule has 1 aromatic heterocycles. The van der Waals surface area contributed by atoms with Crippen molar-refractivity contribution < 1.29 is 9.90 Å². The van der Waals surface area contributed by atoms with Crippen LogP contribution in [0.1, 0.15) is 42.7 Å². The van der Waals surface area contributed by atoms with Crippen LogP contribution in [0, 0.1) is 11.3 Å². The zero-order valence-electron chi connectivity index (χ0n) is 11.8. The zero-order valence-corrected chi connectivity index (χ0v) is 12.6. The molecule has 1 aliphatic heterocycles. The van der Waals surface area contributed by atoms with Gasteiger partial charge in [-0.25, -0.2) is 0 Å². The molecule has 1 atom stereocenters. The summed E-state index contributed by atoms with van der Waals surface area (Å²) in [6, 6.07) is 2.13. The van der Waals surface area contributed by atoms with E-state index in [0.29, 0.717) is 36.5 Å². The van der Waals surface area contributed by atoms with E-state index < -0.39 is 5.60 Å². The predicted molar refractivity (Wildman–Crippen MR) is 78.1 cm³/mol. The molecule has 6 heteroatoms. The molecule has 108 valence electrons. The van der Waals surface area contributed by atoms with Crippen molar-refractivity contribution in [1.29, 1.82) is 5.26 Å². The van der Waals surface area contributed by atoms with E-state index in [4.69, 9.17) is 11.0 Å². The highest BCUT2D eigenvalue weighted by molar-refractivity contribution is 7.16. The Kier molecular flexibility index (Phi) is 4.02. The molecule has 5 nitrogen and oxygen atoms in total. The smallest absolute Gasteiger partial charge is 0.254 e. The maximum Gasteiger partial charge on any atom is 0.254 e. The van der Waals surface area contributed by atoms with Gasteiger partial charge in [-0.1, -0.05) is 13.3 Å². The maximum atomic E-state index is 12.4. The number of hydrogen-bond donors (Lipinski definition) is 2. The fourth-order valence-electron chi connectivity index (χ4n) is 2.66. The van der Waals surface area contributed by atoms with Gasteiger partial charge in [-0.15, -0.1) is 11.3 Å². The zero-order chi connectivity index (χ0) is 14.9. The number of nitrogen functional groups attached to an aromatic ring is 1. The predicted octanol–water partition coefficient (Wildman–Crippen LogP) is 1.64. The highest BCUT2D eigenvalue weighted by Crippen LogP contribution is 2.35. The summed E-state index contributed by atoms with van der Waals surface area (Å²) in [5.41, 5.74) is 6.04. The molecule has 2 rings (SSSR count). The lowest BCUT2D eigenvalue weighted by molar-refractivity contribution is -0.151. The van der Waals surface area contributed by atoms with Gasteiger partial charge in [0.2, 0.25) is 0 Å². The Hall–Kier alpha value is -1.58. The molecule has 0 radical (unpaired) electrons.